The molecule has 0 bridgehead atoms. The molecule has 0 aromatic heterocycles. The molecule has 54 valence electrons. The van der Waals surface area contributed by atoms with E-state index in [0.717, 1.165) is 12.8 Å². The first-order valence-electron chi connectivity index (χ1n) is 2.63. The minimum atomic E-state index is -2.66. The normalized spacial score (nSPS) is 11.0. The van der Waals surface area contributed by atoms with Gasteiger partial charge in [-0.1, -0.05) is 13.3 Å². The summed E-state index contributed by atoms with van der Waals surface area (Å²) in [5.74, 6) is 0. The van der Waals surface area contributed by atoms with Gasteiger partial charge in [0.25, 0.3) is 0 Å². The second-order valence-corrected chi connectivity index (χ2v) is 2.29. The molecule has 0 aliphatic carbocycles. The first-order valence-corrected chi connectivity index (χ1v) is 3.89. The van der Waals surface area contributed by atoms with Gasteiger partial charge in [0.05, 0.1) is 6.61 Å². The monoisotopic (exact) mass is 218 g/mol. The standard InChI is InChI=1S/C4H11O3P.2K.2H/c1-2-3-4-7-8(5)6;;;;/h8H,2-4H2,1H3,(H,5,6);;;;. The summed E-state index contributed by atoms with van der Waals surface area (Å²) in [4.78, 5) is 8.10. The van der Waals surface area contributed by atoms with Crippen molar-refractivity contribution in [2.75, 3.05) is 6.61 Å². The molecule has 0 saturated heterocycles. The third-order valence-electron chi connectivity index (χ3n) is 0.723. The molecule has 0 amide bonds. The summed E-state index contributed by atoms with van der Waals surface area (Å²) in [6.07, 6.45) is 1.85. The molecule has 1 N–H and O–H groups in total. The Balaban J connectivity index is -0.000000245. The molecule has 0 heterocycles. The van der Waals surface area contributed by atoms with E-state index < -0.39 is 8.25 Å². The SMILES string of the molecule is CCCCO[PH](=O)O.[KH].[KH]. The molecule has 0 aromatic carbocycles. The molecule has 0 spiro atoms. The van der Waals surface area contributed by atoms with Crippen molar-refractivity contribution in [3.63, 3.8) is 0 Å². The Morgan fingerprint density at radius 3 is 2.30 bits per heavy atom. The van der Waals surface area contributed by atoms with E-state index in [1.54, 1.807) is 0 Å². The van der Waals surface area contributed by atoms with E-state index in [1.165, 1.54) is 0 Å². The van der Waals surface area contributed by atoms with Crippen LogP contribution < -0.4 is 0 Å². The van der Waals surface area contributed by atoms with E-state index in [2.05, 4.69) is 4.52 Å². The average Bonchev–Trinajstić information content (AvgIpc) is 1.66. The summed E-state index contributed by atoms with van der Waals surface area (Å²) in [5, 5.41) is 0. The molecule has 0 rings (SSSR count). The first kappa shape index (κ1) is 19.1. The van der Waals surface area contributed by atoms with Crippen molar-refractivity contribution in [1.82, 2.24) is 0 Å². The van der Waals surface area contributed by atoms with Gasteiger partial charge in [-0.05, 0) is 6.42 Å². The van der Waals surface area contributed by atoms with Crippen LogP contribution in [0.1, 0.15) is 19.8 Å². The molecule has 1 atom stereocenters. The van der Waals surface area contributed by atoms with Crippen LogP contribution in [0.2, 0.25) is 0 Å². The third-order valence-corrected chi connectivity index (χ3v) is 1.17. The van der Waals surface area contributed by atoms with Crippen LogP contribution in [0, 0.1) is 0 Å². The van der Waals surface area contributed by atoms with E-state index in [4.69, 9.17) is 4.89 Å². The van der Waals surface area contributed by atoms with Crippen LogP contribution in [0.4, 0.5) is 0 Å². The zero-order valence-corrected chi connectivity index (χ0v) is 5.89. The summed E-state index contributed by atoms with van der Waals surface area (Å²) < 4.78 is 14.2. The van der Waals surface area contributed by atoms with Gasteiger partial charge in [-0.25, -0.2) is 0 Å². The molecular formula is C4H13K2O3P. The molecular weight excluding hydrogens is 205 g/mol. The number of hydrogen-bond acceptors (Lipinski definition) is 2. The van der Waals surface area contributed by atoms with Gasteiger partial charge >= 0.3 is 111 Å². The molecule has 10 heavy (non-hydrogen) atoms. The van der Waals surface area contributed by atoms with E-state index in [0.29, 0.717) is 6.61 Å². The molecule has 0 saturated carbocycles. The molecule has 0 aliphatic rings. The summed E-state index contributed by atoms with van der Waals surface area (Å²) in [6.45, 7) is 2.41. The first-order chi connectivity index (χ1) is 3.77. The topological polar surface area (TPSA) is 46.5 Å². The van der Waals surface area contributed by atoms with E-state index in [9.17, 15) is 4.57 Å². The Hall–Kier alpha value is 3.42. The predicted octanol–water partition coefficient (Wildman–Crippen LogP) is -0.112. The molecule has 0 aromatic rings. The Labute approximate surface area is 147 Å². The Bertz CT molecular complexity index is 80.9. The van der Waals surface area contributed by atoms with Gasteiger partial charge < -0.3 is 9.42 Å². The van der Waals surface area contributed by atoms with Crippen LogP contribution in [0.3, 0.4) is 0 Å². The number of unbranched alkanes of at least 4 members (excludes halogenated alkanes) is 1. The third kappa shape index (κ3) is 17.5. The second kappa shape index (κ2) is 14.9. The van der Waals surface area contributed by atoms with Gasteiger partial charge in [-0.15, -0.1) is 0 Å². The van der Waals surface area contributed by atoms with Gasteiger partial charge in [0, 0.05) is 0 Å². The summed E-state index contributed by atoms with van der Waals surface area (Å²) in [7, 11) is -2.66. The van der Waals surface area contributed by atoms with Gasteiger partial charge in [0.2, 0.25) is 0 Å². The van der Waals surface area contributed by atoms with E-state index in [-0.39, 0.29) is 103 Å². The molecule has 6 heteroatoms. The average molecular weight is 218 g/mol. The predicted molar refractivity (Wildman–Crippen MR) is 46.4 cm³/mol. The van der Waals surface area contributed by atoms with Crippen LogP contribution in [0.15, 0.2) is 0 Å². The van der Waals surface area contributed by atoms with Crippen LogP contribution >= 0.6 is 8.25 Å². The van der Waals surface area contributed by atoms with Crippen molar-refractivity contribution in [3.8, 4) is 0 Å². The van der Waals surface area contributed by atoms with Crippen molar-refractivity contribution in [3.05, 3.63) is 0 Å². The Morgan fingerprint density at radius 2 is 2.00 bits per heavy atom. The summed E-state index contributed by atoms with van der Waals surface area (Å²) in [5.41, 5.74) is 0. The molecule has 0 radical (unpaired) electrons. The van der Waals surface area contributed by atoms with Crippen molar-refractivity contribution < 1.29 is 14.0 Å². The van der Waals surface area contributed by atoms with Gasteiger partial charge in [0.1, 0.15) is 0 Å². The number of rotatable bonds is 4. The zero-order valence-electron chi connectivity index (χ0n) is 4.89. The van der Waals surface area contributed by atoms with Crippen molar-refractivity contribution in [1.29, 1.82) is 0 Å². The van der Waals surface area contributed by atoms with Crippen LogP contribution in [0.25, 0.3) is 0 Å². The van der Waals surface area contributed by atoms with Crippen LogP contribution in [0.5, 0.6) is 0 Å². The van der Waals surface area contributed by atoms with Crippen molar-refractivity contribution >= 4 is 111 Å². The Kier molecular flexibility index (Phi) is 28.5. The van der Waals surface area contributed by atoms with Crippen molar-refractivity contribution in [2.24, 2.45) is 0 Å². The molecule has 3 nitrogen and oxygen atoms in total. The minimum absolute atomic E-state index is 0. The fraction of sp³-hybridized carbons (Fsp3) is 1.00. The van der Waals surface area contributed by atoms with Gasteiger partial charge in [-0.2, -0.15) is 0 Å². The quantitative estimate of drug-likeness (QED) is 0.407. The van der Waals surface area contributed by atoms with Gasteiger partial charge in [0.15, 0.2) is 0 Å². The molecule has 0 fully saturated rings. The fourth-order valence-electron chi connectivity index (χ4n) is 0.304. The van der Waals surface area contributed by atoms with E-state index in [1.807, 2.05) is 6.92 Å². The van der Waals surface area contributed by atoms with E-state index >= 15 is 0 Å². The molecule has 0 aliphatic heterocycles. The zero-order chi connectivity index (χ0) is 6.41. The summed E-state index contributed by atoms with van der Waals surface area (Å²) >= 11 is 0. The fourth-order valence-corrected chi connectivity index (χ4v) is 0.623. The summed E-state index contributed by atoms with van der Waals surface area (Å²) in [6, 6.07) is 0. The Morgan fingerprint density at radius 1 is 1.50 bits per heavy atom. The van der Waals surface area contributed by atoms with Crippen molar-refractivity contribution in [2.45, 2.75) is 19.8 Å². The number of hydrogen-bond donors (Lipinski definition) is 1. The molecule has 1 unspecified atom stereocenters. The second-order valence-electron chi connectivity index (χ2n) is 1.47. The van der Waals surface area contributed by atoms with Crippen LogP contribution in [-0.4, -0.2) is 114 Å². The maximum absolute atomic E-state index is 9.84. The van der Waals surface area contributed by atoms with Crippen LogP contribution in [-0.2, 0) is 9.09 Å². The maximum atomic E-state index is 9.84. The van der Waals surface area contributed by atoms with Gasteiger partial charge in [-0.3, -0.25) is 4.57 Å².